The minimum atomic E-state index is -0.854. The summed E-state index contributed by atoms with van der Waals surface area (Å²) in [6.45, 7) is 8.95. The standard InChI is InChI=1S/C21H14ClN5O2S/c1-11(28)18(21-27-26-20(29-21)13-5-3-12(9-23)4-6-13)25-15-7-8-16(24-2)19-17(15)14(22)10-30-19/h3-8,10-11,18,25,28H,1H3/t11-,18+/m0/s1. The van der Waals surface area contributed by atoms with E-state index in [9.17, 15) is 5.11 Å². The Balaban J connectivity index is 1.69. The number of nitriles is 1. The van der Waals surface area contributed by atoms with Crippen LogP contribution in [0.5, 0.6) is 0 Å². The number of fused-ring (bicyclic) bond motifs is 1. The smallest absolute Gasteiger partial charge is 0.247 e. The predicted octanol–water partition coefficient (Wildman–Crippen LogP) is 5.56. The molecule has 0 radical (unpaired) electrons. The van der Waals surface area contributed by atoms with Gasteiger partial charge in [0, 0.05) is 26.7 Å². The lowest BCUT2D eigenvalue weighted by molar-refractivity contribution is 0.160. The maximum Gasteiger partial charge on any atom is 0.247 e. The number of benzene rings is 2. The van der Waals surface area contributed by atoms with Crippen LogP contribution in [0.25, 0.3) is 26.4 Å². The van der Waals surface area contributed by atoms with Crippen molar-refractivity contribution in [3.05, 3.63) is 69.7 Å². The van der Waals surface area contributed by atoms with Gasteiger partial charge in [0.25, 0.3) is 0 Å². The van der Waals surface area contributed by atoms with Crippen LogP contribution < -0.4 is 5.32 Å². The highest BCUT2D eigenvalue weighted by Crippen LogP contribution is 2.42. The number of halogens is 1. The lowest BCUT2D eigenvalue weighted by Crippen LogP contribution is -2.23. The third-order valence-corrected chi connectivity index (χ3v) is 5.97. The average Bonchev–Trinajstić information content (AvgIpc) is 3.39. The van der Waals surface area contributed by atoms with Crippen molar-refractivity contribution in [3.8, 4) is 17.5 Å². The van der Waals surface area contributed by atoms with Crippen LogP contribution in [0.2, 0.25) is 5.02 Å². The molecule has 0 spiro atoms. The fourth-order valence-electron chi connectivity index (χ4n) is 3.03. The molecule has 0 aliphatic rings. The molecule has 0 saturated carbocycles. The Hall–Kier alpha value is -3.43. The van der Waals surface area contributed by atoms with E-state index in [0.29, 0.717) is 32.9 Å². The Morgan fingerprint density at radius 2 is 2.03 bits per heavy atom. The zero-order chi connectivity index (χ0) is 21.3. The molecule has 4 rings (SSSR count). The highest BCUT2D eigenvalue weighted by molar-refractivity contribution is 7.18. The zero-order valence-electron chi connectivity index (χ0n) is 15.6. The Labute approximate surface area is 181 Å². The summed E-state index contributed by atoms with van der Waals surface area (Å²) in [6, 6.07) is 11.6. The number of thiophene rings is 1. The van der Waals surface area contributed by atoms with Crippen LogP contribution in [0.3, 0.4) is 0 Å². The van der Waals surface area contributed by atoms with Gasteiger partial charge in [-0.3, -0.25) is 0 Å². The van der Waals surface area contributed by atoms with E-state index in [4.69, 9.17) is 27.9 Å². The van der Waals surface area contributed by atoms with E-state index < -0.39 is 12.1 Å². The molecule has 30 heavy (non-hydrogen) atoms. The Bertz CT molecular complexity index is 1300. The second kappa shape index (κ2) is 8.13. The molecule has 2 N–H and O–H groups in total. The number of aromatic nitrogens is 2. The normalized spacial score (nSPS) is 12.8. The fourth-order valence-corrected chi connectivity index (χ4v) is 4.32. The molecule has 0 amide bonds. The maximum atomic E-state index is 10.4. The number of anilines is 1. The molecule has 0 fully saturated rings. The van der Waals surface area contributed by atoms with E-state index in [2.05, 4.69) is 26.4 Å². The molecule has 0 saturated heterocycles. The highest BCUT2D eigenvalue weighted by Gasteiger charge is 2.25. The van der Waals surface area contributed by atoms with Crippen LogP contribution >= 0.6 is 22.9 Å². The van der Waals surface area contributed by atoms with Gasteiger partial charge in [-0.05, 0) is 37.3 Å². The number of aliphatic hydroxyl groups excluding tert-OH is 1. The van der Waals surface area contributed by atoms with Gasteiger partial charge in [0.05, 0.1) is 29.3 Å². The second-order valence-corrected chi connectivity index (χ2v) is 7.82. The van der Waals surface area contributed by atoms with Gasteiger partial charge in [0.1, 0.15) is 6.04 Å². The van der Waals surface area contributed by atoms with Gasteiger partial charge < -0.3 is 14.8 Å². The summed E-state index contributed by atoms with van der Waals surface area (Å²) in [5.74, 6) is 0.488. The summed E-state index contributed by atoms with van der Waals surface area (Å²) in [5, 5.41) is 33.7. The summed E-state index contributed by atoms with van der Waals surface area (Å²) in [5.41, 5.74) is 2.37. The molecule has 0 unspecified atom stereocenters. The van der Waals surface area contributed by atoms with Crippen LogP contribution in [0.4, 0.5) is 11.4 Å². The molecule has 0 bridgehead atoms. The summed E-state index contributed by atoms with van der Waals surface area (Å²) < 4.78 is 6.57. The third-order valence-electron chi connectivity index (χ3n) is 4.54. The second-order valence-electron chi connectivity index (χ2n) is 6.53. The largest absolute Gasteiger partial charge is 0.418 e. The first-order valence-electron chi connectivity index (χ1n) is 8.87. The van der Waals surface area contributed by atoms with Gasteiger partial charge in [0.2, 0.25) is 17.5 Å². The van der Waals surface area contributed by atoms with E-state index in [1.807, 2.05) is 0 Å². The Morgan fingerprint density at radius 3 is 2.70 bits per heavy atom. The summed E-state index contributed by atoms with van der Waals surface area (Å²) >= 11 is 7.75. The number of nitrogens with one attached hydrogen (secondary N) is 1. The van der Waals surface area contributed by atoms with Crippen molar-refractivity contribution in [2.45, 2.75) is 19.1 Å². The maximum absolute atomic E-state index is 10.4. The number of hydrogen-bond donors (Lipinski definition) is 2. The van der Waals surface area contributed by atoms with Crippen molar-refractivity contribution in [1.29, 1.82) is 5.26 Å². The van der Waals surface area contributed by atoms with E-state index in [-0.39, 0.29) is 11.8 Å². The van der Waals surface area contributed by atoms with Gasteiger partial charge in [-0.25, -0.2) is 4.85 Å². The van der Waals surface area contributed by atoms with Crippen LogP contribution in [0.1, 0.15) is 24.4 Å². The lowest BCUT2D eigenvalue weighted by atomic mass is 10.1. The van der Waals surface area contributed by atoms with E-state index >= 15 is 0 Å². The summed E-state index contributed by atoms with van der Waals surface area (Å²) in [4.78, 5) is 3.54. The van der Waals surface area contributed by atoms with Crippen molar-refractivity contribution in [3.63, 3.8) is 0 Å². The zero-order valence-corrected chi connectivity index (χ0v) is 17.2. The molecule has 2 aromatic heterocycles. The lowest BCUT2D eigenvalue weighted by Gasteiger charge is -2.20. The van der Waals surface area contributed by atoms with Gasteiger partial charge in [-0.1, -0.05) is 17.7 Å². The monoisotopic (exact) mass is 435 g/mol. The number of hydrogen-bond acceptors (Lipinski definition) is 7. The summed E-state index contributed by atoms with van der Waals surface area (Å²) in [7, 11) is 0. The fraction of sp³-hybridized carbons (Fsp3) is 0.143. The molecule has 2 heterocycles. The molecule has 4 aromatic rings. The van der Waals surface area contributed by atoms with Crippen LogP contribution in [0, 0.1) is 17.9 Å². The first-order valence-corrected chi connectivity index (χ1v) is 10.1. The van der Waals surface area contributed by atoms with E-state index in [1.54, 1.807) is 48.7 Å². The van der Waals surface area contributed by atoms with Gasteiger partial charge in [-0.15, -0.1) is 10.2 Å². The predicted molar refractivity (Wildman–Crippen MR) is 116 cm³/mol. The SMILES string of the molecule is [C-]#[N+]c1ccc(N[C@@H](c2nnc(-c3ccc(C#N)cc3)o2)[C@H](C)O)c2c(Cl)csc12. The molecule has 148 valence electrons. The minimum Gasteiger partial charge on any atom is -0.418 e. The minimum absolute atomic E-state index is 0.207. The van der Waals surface area contributed by atoms with Crippen molar-refractivity contribution in [2.24, 2.45) is 0 Å². The van der Waals surface area contributed by atoms with Crippen LogP contribution in [0.15, 0.2) is 46.2 Å². The third kappa shape index (κ3) is 3.60. The molecular weight excluding hydrogens is 422 g/mol. The number of rotatable bonds is 5. The molecule has 2 aromatic carbocycles. The molecular formula is C21H14ClN5O2S. The number of nitrogens with zero attached hydrogens (tertiary/aromatic N) is 4. The van der Waals surface area contributed by atoms with Crippen molar-refractivity contribution in [2.75, 3.05) is 5.32 Å². The quantitative estimate of drug-likeness (QED) is 0.398. The topological polar surface area (TPSA) is 99.3 Å². The molecule has 7 nitrogen and oxygen atoms in total. The van der Waals surface area contributed by atoms with E-state index in [0.717, 1.165) is 4.70 Å². The van der Waals surface area contributed by atoms with Gasteiger partial charge in [0.15, 0.2) is 0 Å². The molecule has 9 heteroatoms. The van der Waals surface area contributed by atoms with Crippen molar-refractivity contribution in [1.82, 2.24) is 10.2 Å². The Kier molecular flexibility index (Phi) is 5.39. The molecule has 0 aliphatic carbocycles. The first kappa shape index (κ1) is 19.9. The van der Waals surface area contributed by atoms with Crippen molar-refractivity contribution < 1.29 is 9.52 Å². The van der Waals surface area contributed by atoms with E-state index in [1.165, 1.54) is 11.3 Å². The summed E-state index contributed by atoms with van der Waals surface area (Å²) in [6.07, 6.45) is -0.854. The molecule has 0 aliphatic heterocycles. The Morgan fingerprint density at radius 1 is 1.27 bits per heavy atom. The average molecular weight is 436 g/mol. The van der Waals surface area contributed by atoms with Crippen molar-refractivity contribution >= 4 is 44.4 Å². The number of aliphatic hydroxyl groups is 1. The first-order chi connectivity index (χ1) is 14.5. The molecule has 2 atom stereocenters. The highest BCUT2D eigenvalue weighted by atomic mass is 35.5. The van der Waals surface area contributed by atoms with Crippen LogP contribution in [-0.2, 0) is 0 Å². The van der Waals surface area contributed by atoms with Gasteiger partial charge >= 0.3 is 0 Å². The van der Waals surface area contributed by atoms with Crippen LogP contribution in [-0.4, -0.2) is 21.4 Å². The van der Waals surface area contributed by atoms with Gasteiger partial charge in [-0.2, -0.15) is 16.6 Å².